The molecule has 1 aliphatic heterocycles. The Kier molecular flexibility index (Phi) is 4.97. The normalized spacial score (nSPS) is 16.4. The van der Waals surface area contributed by atoms with Crippen LogP contribution >= 0.6 is 0 Å². The first-order valence-electron chi connectivity index (χ1n) is 8.09. The van der Waals surface area contributed by atoms with Crippen LogP contribution in [0.4, 0.5) is 5.82 Å². The van der Waals surface area contributed by atoms with Gasteiger partial charge in [-0.05, 0) is 12.1 Å². The molecule has 0 bridgehead atoms. The van der Waals surface area contributed by atoms with Gasteiger partial charge in [-0.2, -0.15) is 0 Å². The van der Waals surface area contributed by atoms with E-state index in [4.69, 9.17) is 9.84 Å². The van der Waals surface area contributed by atoms with Crippen LogP contribution in [-0.4, -0.2) is 70.1 Å². The lowest BCUT2D eigenvalue weighted by molar-refractivity contribution is 0.0686. The molecule has 1 atom stereocenters. The monoisotopic (exact) mass is 357 g/mol. The van der Waals surface area contributed by atoms with E-state index in [0.29, 0.717) is 25.3 Å². The van der Waals surface area contributed by atoms with Crippen LogP contribution in [0, 0.1) is 0 Å². The first-order chi connectivity index (χ1) is 12.5. The minimum Gasteiger partial charge on any atom is -0.485 e. The van der Waals surface area contributed by atoms with Crippen LogP contribution in [-0.2, 0) is 0 Å². The standard InChI is InChI=1S/C17H19N5O4/c1-21(2)15-14(4-3-6-18-15)26-11-5-7-22(10-11)16(23)12-8-20-13(9-19-12)17(24)25/h3-4,6,8-9,11H,5,7,10H2,1-2H3,(H,24,25). The van der Waals surface area contributed by atoms with Crippen LogP contribution in [0.15, 0.2) is 30.7 Å². The Bertz CT molecular complexity index is 809. The predicted molar refractivity (Wildman–Crippen MR) is 92.5 cm³/mol. The number of ether oxygens (including phenoxy) is 1. The van der Waals surface area contributed by atoms with Crippen LogP contribution in [0.5, 0.6) is 5.75 Å². The van der Waals surface area contributed by atoms with Crippen molar-refractivity contribution < 1.29 is 19.4 Å². The third kappa shape index (κ3) is 3.71. The van der Waals surface area contributed by atoms with Crippen molar-refractivity contribution in [2.24, 2.45) is 0 Å². The van der Waals surface area contributed by atoms with Crippen molar-refractivity contribution in [1.82, 2.24) is 19.9 Å². The Morgan fingerprint density at radius 3 is 2.62 bits per heavy atom. The Morgan fingerprint density at radius 2 is 1.96 bits per heavy atom. The lowest BCUT2D eigenvalue weighted by Crippen LogP contribution is -2.31. The zero-order valence-corrected chi connectivity index (χ0v) is 14.5. The smallest absolute Gasteiger partial charge is 0.356 e. The van der Waals surface area contributed by atoms with E-state index in [9.17, 15) is 9.59 Å². The molecule has 2 aromatic heterocycles. The molecule has 0 aliphatic carbocycles. The lowest BCUT2D eigenvalue weighted by atomic mass is 10.3. The molecule has 3 heterocycles. The van der Waals surface area contributed by atoms with E-state index in [0.717, 1.165) is 12.0 Å². The first kappa shape index (κ1) is 17.6. The van der Waals surface area contributed by atoms with Gasteiger partial charge in [0.05, 0.1) is 18.9 Å². The van der Waals surface area contributed by atoms with Gasteiger partial charge in [0, 0.05) is 33.3 Å². The number of aromatic carboxylic acids is 1. The molecule has 9 heteroatoms. The number of amides is 1. The molecule has 2 aromatic rings. The second-order valence-corrected chi connectivity index (χ2v) is 6.09. The summed E-state index contributed by atoms with van der Waals surface area (Å²) in [6, 6.07) is 3.66. The molecule has 9 nitrogen and oxygen atoms in total. The van der Waals surface area contributed by atoms with Crippen molar-refractivity contribution in [3.05, 3.63) is 42.1 Å². The maximum atomic E-state index is 12.5. The van der Waals surface area contributed by atoms with E-state index in [-0.39, 0.29) is 23.4 Å². The van der Waals surface area contributed by atoms with E-state index < -0.39 is 5.97 Å². The molecule has 0 spiro atoms. The van der Waals surface area contributed by atoms with Crippen molar-refractivity contribution in [3.8, 4) is 5.75 Å². The third-order valence-electron chi connectivity index (χ3n) is 3.99. The van der Waals surface area contributed by atoms with Crippen LogP contribution in [0.3, 0.4) is 0 Å². The lowest BCUT2D eigenvalue weighted by Gasteiger charge is -2.20. The van der Waals surface area contributed by atoms with E-state index >= 15 is 0 Å². The molecule has 0 saturated carbocycles. The second kappa shape index (κ2) is 7.34. The van der Waals surface area contributed by atoms with Gasteiger partial charge in [0.1, 0.15) is 11.8 Å². The van der Waals surface area contributed by atoms with E-state index in [1.165, 1.54) is 6.20 Å². The molecule has 3 rings (SSSR count). The number of anilines is 1. The predicted octanol–water partition coefficient (Wildman–Crippen LogP) is 0.929. The van der Waals surface area contributed by atoms with E-state index in [1.807, 2.05) is 25.1 Å². The van der Waals surface area contributed by atoms with Gasteiger partial charge in [0.2, 0.25) is 0 Å². The molecule has 26 heavy (non-hydrogen) atoms. The Labute approximate surface area is 150 Å². The summed E-state index contributed by atoms with van der Waals surface area (Å²) in [4.78, 5) is 38.7. The largest absolute Gasteiger partial charge is 0.485 e. The Morgan fingerprint density at radius 1 is 1.23 bits per heavy atom. The van der Waals surface area contributed by atoms with Crippen LogP contribution in [0.1, 0.15) is 27.4 Å². The van der Waals surface area contributed by atoms with E-state index in [1.54, 1.807) is 17.2 Å². The summed E-state index contributed by atoms with van der Waals surface area (Å²) in [6.07, 6.45) is 4.51. The fraction of sp³-hybridized carbons (Fsp3) is 0.353. The minimum absolute atomic E-state index is 0.117. The molecule has 1 N–H and O–H groups in total. The molecule has 0 radical (unpaired) electrons. The average Bonchev–Trinajstić information content (AvgIpc) is 3.10. The number of nitrogens with zero attached hydrogens (tertiary/aromatic N) is 5. The molecular weight excluding hydrogens is 338 g/mol. The minimum atomic E-state index is -1.18. The van der Waals surface area contributed by atoms with Gasteiger partial charge in [-0.25, -0.2) is 19.7 Å². The summed E-state index contributed by atoms with van der Waals surface area (Å²) in [7, 11) is 3.78. The highest BCUT2D eigenvalue weighted by molar-refractivity contribution is 5.93. The molecule has 0 aromatic carbocycles. The Balaban J connectivity index is 1.65. The summed E-state index contributed by atoms with van der Waals surface area (Å²) in [5, 5.41) is 8.84. The summed E-state index contributed by atoms with van der Waals surface area (Å²) in [5.41, 5.74) is -0.0806. The zero-order chi connectivity index (χ0) is 18.7. The number of hydrogen-bond acceptors (Lipinski definition) is 7. The molecule has 1 unspecified atom stereocenters. The number of rotatable bonds is 5. The number of likely N-dealkylation sites (tertiary alicyclic amines) is 1. The summed E-state index contributed by atoms with van der Waals surface area (Å²) in [6.45, 7) is 0.951. The number of carboxylic acids is 1. The zero-order valence-electron chi connectivity index (χ0n) is 14.5. The number of carbonyl (C=O) groups excluding carboxylic acids is 1. The van der Waals surface area contributed by atoms with Gasteiger partial charge >= 0.3 is 5.97 Å². The molecule has 136 valence electrons. The molecular formula is C17H19N5O4. The summed E-state index contributed by atoms with van der Waals surface area (Å²) >= 11 is 0. The fourth-order valence-electron chi connectivity index (χ4n) is 2.71. The van der Waals surface area contributed by atoms with Crippen molar-refractivity contribution in [1.29, 1.82) is 0 Å². The highest BCUT2D eigenvalue weighted by Gasteiger charge is 2.30. The number of pyridine rings is 1. The molecule has 1 amide bonds. The van der Waals surface area contributed by atoms with Crippen LogP contribution < -0.4 is 9.64 Å². The van der Waals surface area contributed by atoms with Crippen molar-refractivity contribution in [3.63, 3.8) is 0 Å². The fourth-order valence-corrected chi connectivity index (χ4v) is 2.71. The van der Waals surface area contributed by atoms with Gasteiger partial charge < -0.3 is 19.6 Å². The quantitative estimate of drug-likeness (QED) is 0.842. The SMILES string of the molecule is CN(C)c1ncccc1OC1CCN(C(=O)c2cnc(C(=O)O)cn2)C1. The summed E-state index contributed by atoms with van der Waals surface area (Å²) < 4.78 is 6.02. The van der Waals surface area contributed by atoms with Crippen LogP contribution in [0.2, 0.25) is 0 Å². The molecule has 1 fully saturated rings. The molecule has 1 aliphatic rings. The number of carbonyl (C=O) groups is 2. The van der Waals surface area contributed by atoms with E-state index in [2.05, 4.69) is 15.0 Å². The van der Waals surface area contributed by atoms with Gasteiger partial charge in [0.15, 0.2) is 17.3 Å². The van der Waals surface area contributed by atoms with Gasteiger partial charge in [-0.15, -0.1) is 0 Å². The topological polar surface area (TPSA) is 109 Å². The number of hydrogen-bond donors (Lipinski definition) is 1. The van der Waals surface area contributed by atoms with Gasteiger partial charge in [0.25, 0.3) is 5.91 Å². The van der Waals surface area contributed by atoms with Gasteiger partial charge in [-0.1, -0.05) is 0 Å². The van der Waals surface area contributed by atoms with Gasteiger partial charge in [-0.3, -0.25) is 4.79 Å². The first-order valence-corrected chi connectivity index (χ1v) is 8.09. The van der Waals surface area contributed by atoms with Crippen molar-refractivity contribution in [2.75, 3.05) is 32.1 Å². The number of aromatic nitrogens is 3. The maximum absolute atomic E-state index is 12.5. The number of carboxylic acid groups (broad SMARTS) is 1. The Hall–Kier alpha value is -3.23. The average molecular weight is 357 g/mol. The molecule has 1 saturated heterocycles. The second-order valence-electron chi connectivity index (χ2n) is 6.09. The summed E-state index contributed by atoms with van der Waals surface area (Å²) in [5.74, 6) is -0.0753. The third-order valence-corrected chi connectivity index (χ3v) is 3.99. The van der Waals surface area contributed by atoms with Crippen molar-refractivity contribution >= 4 is 17.7 Å². The highest BCUT2D eigenvalue weighted by atomic mass is 16.5. The maximum Gasteiger partial charge on any atom is 0.356 e. The van der Waals surface area contributed by atoms with Crippen LogP contribution in [0.25, 0.3) is 0 Å². The highest BCUT2D eigenvalue weighted by Crippen LogP contribution is 2.26. The van der Waals surface area contributed by atoms with Crippen molar-refractivity contribution in [2.45, 2.75) is 12.5 Å².